The maximum atomic E-state index is 13.8. The van der Waals surface area contributed by atoms with E-state index >= 15 is 0 Å². The molecule has 0 aliphatic heterocycles. The minimum Gasteiger partial charge on any atom is -0.491 e. The molecule has 0 aliphatic carbocycles. The maximum absolute atomic E-state index is 13.8. The van der Waals surface area contributed by atoms with Gasteiger partial charge in [-0.1, -0.05) is 36.4 Å². The van der Waals surface area contributed by atoms with E-state index in [1.807, 2.05) is 62.6 Å². The number of rotatable bonds is 8. The third-order valence-corrected chi connectivity index (χ3v) is 5.45. The summed E-state index contributed by atoms with van der Waals surface area (Å²) < 4.78 is 7.67. The molecular weight excluding hydrogens is 424 g/mol. The first-order valence-electron chi connectivity index (χ1n) is 11.1. The van der Waals surface area contributed by atoms with Crippen molar-refractivity contribution in [1.82, 2.24) is 14.5 Å². The van der Waals surface area contributed by atoms with Crippen molar-refractivity contribution in [1.29, 1.82) is 5.26 Å². The Morgan fingerprint density at radius 3 is 2.53 bits per heavy atom. The fourth-order valence-corrected chi connectivity index (χ4v) is 3.78. The summed E-state index contributed by atoms with van der Waals surface area (Å²) in [5, 5.41) is 9.65. The topological polar surface area (TPSA) is 71.2 Å². The molecule has 0 radical (unpaired) electrons. The van der Waals surface area contributed by atoms with Crippen LogP contribution in [0.1, 0.15) is 12.0 Å². The molecule has 0 aliphatic rings. The van der Waals surface area contributed by atoms with Gasteiger partial charge in [0.15, 0.2) is 0 Å². The third-order valence-electron chi connectivity index (χ3n) is 5.45. The second-order valence-electron chi connectivity index (χ2n) is 8.16. The van der Waals surface area contributed by atoms with Crippen LogP contribution in [-0.4, -0.2) is 41.7 Å². The van der Waals surface area contributed by atoms with Crippen LogP contribution in [0.2, 0.25) is 0 Å². The van der Waals surface area contributed by atoms with Gasteiger partial charge in [0.05, 0.1) is 29.6 Å². The molecule has 0 saturated carbocycles. The summed E-state index contributed by atoms with van der Waals surface area (Å²) in [4.78, 5) is 20.3. The zero-order chi connectivity index (χ0) is 23.9. The number of pyridine rings is 2. The monoisotopic (exact) mass is 450 g/mol. The van der Waals surface area contributed by atoms with Crippen LogP contribution in [0.3, 0.4) is 0 Å². The van der Waals surface area contributed by atoms with E-state index in [0.29, 0.717) is 34.7 Å². The molecule has 2 aromatic carbocycles. The van der Waals surface area contributed by atoms with E-state index in [1.165, 1.54) is 0 Å². The summed E-state index contributed by atoms with van der Waals surface area (Å²) in [5.74, 6) is 0.626. The lowest BCUT2D eigenvalue weighted by Crippen LogP contribution is -2.21. The predicted octanol–water partition coefficient (Wildman–Crippen LogP) is 4.77. The van der Waals surface area contributed by atoms with Crippen molar-refractivity contribution in [2.24, 2.45) is 0 Å². The number of nitrogens with zero attached hydrogens (tertiary/aromatic N) is 4. The second kappa shape index (κ2) is 10.6. The molecule has 0 bridgehead atoms. The van der Waals surface area contributed by atoms with E-state index in [-0.39, 0.29) is 5.56 Å². The molecular formula is C28H26N4O2. The van der Waals surface area contributed by atoms with Crippen LogP contribution in [-0.2, 0) is 0 Å². The van der Waals surface area contributed by atoms with Crippen molar-refractivity contribution in [3.05, 3.63) is 101 Å². The molecule has 0 N–H and O–H groups in total. The zero-order valence-electron chi connectivity index (χ0n) is 19.3. The number of hydrogen-bond donors (Lipinski definition) is 0. The van der Waals surface area contributed by atoms with Crippen LogP contribution in [0.25, 0.3) is 28.1 Å². The van der Waals surface area contributed by atoms with Crippen molar-refractivity contribution >= 4 is 0 Å². The van der Waals surface area contributed by atoms with Gasteiger partial charge in [0, 0.05) is 35.6 Å². The molecule has 4 aromatic rings. The number of ether oxygens (including phenoxy) is 1. The van der Waals surface area contributed by atoms with Crippen LogP contribution in [0, 0.1) is 11.3 Å². The standard InChI is InChI=1S/C28H26N4O2/c1-31(2)16-9-17-34-27-14-6-5-13-26(27)32-20-22(25-12-7-8-15-30-25)18-24(28(32)33)23-11-4-3-10-21(23)19-29/h3-8,10-15,18,20H,9,16-17H2,1-2H3. The molecule has 170 valence electrons. The predicted molar refractivity (Wildman–Crippen MR) is 134 cm³/mol. The molecule has 0 fully saturated rings. The average Bonchev–Trinajstić information content (AvgIpc) is 2.87. The van der Waals surface area contributed by atoms with Gasteiger partial charge in [0.2, 0.25) is 0 Å². The van der Waals surface area contributed by atoms with E-state index < -0.39 is 0 Å². The molecule has 6 nitrogen and oxygen atoms in total. The van der Waals surface area contributed by atoms with Crippen molar-refractivity contribution < 1.29 is 4.74 Å². The molecule has 0 atom stereocenters. The van der Waals surface area contributed by atoms with Gasteiger partial charge in [-0.3, -0.25) is 14.3 Å². The second-order valence-corrected chi connectivity index (χ2v) is 8.16. The zero-order valence-corrected chi connectivity index (χ0v) is 19.3. The minimum atomic E-state index is -0.230. The lowest BCUT2D eigenvalue weighted by atomic mass is 9.99. The van der Waals surface area contributed by atoms with E-state index in [2.05, 4.69) is 16.0 Å². The summed E-state index contributed by atoms with van der Waals surface area (Å²) in [5.41, 5.74) is 3.38. The normalized spacial score (nSPS) is 10.8. The van der Waals surface area contributed by atoms with Crippen molar-refractivity contribution in [3.63, 3.8) is 0 Å². The van der Waals surface area contributed by atoms with E-state index in [4.69, 9.17) is 4.74 Å². The first-order valence-corrected chi connectivity index (χ1v) is 11.1. The van der Waals surface area contributed by atoms with Crippen LogP contribution in [0.4, 0.5) is 0 Å². The smallest absolute Gasteiger partial charge is 0.263 e. The Labute approximate surface area is 199 Å². The van der Waals surface area contributed by atoms with E-state index in [1.54, 1.807) is 41.2 Å². The highest BCUT2D eigenvalue weighted by molar-refractivity contribution is 5.75. The van der Waals surface area contributed by atoms with E-state index in [0.717, 1.165) is 24.2 Å². The van der Waals surface area contributed by atoms with Crippen LogP contribution < -0.4 is 10.3 Å². The van der Waals surface area contributed by atoms with Crippen molar-refractivity contribution in [2.45, 2.75) is 6.42 Å². The Kier molecular flexibility index (Phi) is 7.16. The van der Waals surface area contributed by atoms with Gasteiger partial charge in [-0.25, -0.2) is 0 Å². The first-order chi connectivity index (χ1) is 16.6. The average molecular weight is 451 g/mol. The fourth-order valence-electron chi connectivity index (χ4n) is 3.78. The summed E-state index contributed by atoms with van der Waals surface area (Å²) in [6.45, 7) is 1.44. The minimum absolute atomic E-state index is 0.230. The summed E-state index contributed by atoms with van der Waals surface area (Å²) in [6.07, 6.45) is 4.37. The van der Waals surface area contributed by atoms with Gasteiger partial charge < -0.3 is 9.64 Å². The molecule has 0 spiro atoms. The number of nitriles is 1. The lowest BCUT2D eigenvalue weighted by molar-refractivity contribution is 0.281. The molecule has 0 saturated heterocycles. The molecule has 6 heteroatoms. The van der Waals surface area contributed by atoms with Gasteiger partial charge in [-0.2, -0.15) is 5.26 Å². The quantitative estimate of drug-likeness (QED) is 0.362. The largest absolute Gasteiger partial charge is 0.491 e. The van der Waals surface area contributed by atoms with Gasteiger partial charge in [-0.05, 0) is 56.9 Å². The number of para-hydroxylation sites is 2. The Morgan fingerprint density at radius 1 is 1.00 bits per heavy atom. The number of hydrogen-bond acceptors (Lipinski definition) is 5. The highest BCUT2D eigenvalue weighted by atomic mass is 16.5. The summed E-state index contributed by atoms with van der Waals surface area (Å²) in [6, 6.07) is 24.3. The molecule has 2 aromatic heterocycles. The van der Waals surface area contributed by atoms with Crippen molar-refractivity contribution in [2.75, 3.05) is 27.2 Å². The van der Waals surface area contributed by atoms with Gasteiger partial charge >= 0.3 is 0 Å². The molecule has 2 heterocycles. The molecule has 34 heavy (non-hydrogen) atoms. The third kappa shape index (κ3) is 5.06. The summed E-state index contributed by atoms with van der Waals surface area (Å²) >= 11 is 0. The Morgan fingerprint density at radius 2 is 1.76 bits per heavy atom. The highest BCUT2D eigenvalue weighted by Gasteiger charge is 2.16. The lowest BCUT2D eigenvalue weighted by Gasteiger charge is -2.17. The van der Waals surface area contributed by atoms with Crippen LogP contribution in [0.5, 0.6) is 5.75 Å². The molecule has 0 unspecified atom stereocenters. The SMILES string of the molecule is CN(C)CCCOc1ccccc1-n1cc(-c2ccccn2)cc(-c2ccccc2C#N)c1=O. The first kappa shape index (κ1) is 23.0. The molecule has 4 rings (SSSR count). The number of aromatic nitrogens is 2. The van der Waals surface area contributed by atoms with Gasteiger partial charge in [-0.15, -0.1) is 0 Å². The Balaban J connectivity index is 1.87. The molecule has 0 amide bonds. The fraction of sp³-hybridized carbons (Fsp3) is 0.179. The van der Waals surface area contributed by atoms with Crippen LogP contribution in [0.15, 0.2) is 90.0 Å². The summed E-state index contributed by atoms with van der Waals surface area (Å²) in [7, 11) is 4.05. The number of benzene rings is 2. The van der Waals surface area contributed by atoms with Gasteiger partial charge in [0.25, 0.3) is 5.56 Å². The van der Waals surface area contributed by atoms with E-state index in [9.17, 15) is 10.1 Å². The van der Waals surface area contributed by atoms with Crippen molar-refractivity contribution in [3.8, 4) is 39.9 Å². The van der Waals surface area contributed by atoms with Crippen LogP contribution >= 0.6 is 0 Å². The Hall–Kier alpha value is -4.21. The Bertz CT molecular complexity index is 1370. The highest BCUT2D eigenvalue weighted by Crippen LogP contribution is 2.28. The maximum Gasteiger partial charge on any atom is 0.263 e. The van der Waals surface area contributed by atoms with Gasteiger partial charge in [0.1, 0.15) is 5.75 Å².